The van der Waals surface area contributed by atoms with Crippen molar-refractivity contribution in [3.05, 3.63) is 41.2 Å². The quantitative estimate of drug-likeness (QED) is 0.104. The van der Waals surface area contributed by atoms with Gasteiger partial charge in [0.1, 0.15) is 6.04 Å². The number of carbonyl (C=O) groups is 5. The zero-order valence-electron chi connectivity index (χ0n) is 22.9. The van der Waals surface area contributed by atoms with Crippen LogP contribution in [0.4, 0.5) is 5.69 Å². The fourth-order valence-electron chi connectivity index (χ4n) is 4.39. The average Bonchev–Trinajstić information content (AvgIpc) is 3.55. The highest BCUT2D eigenvalue weighted by atomic mass is 32.1. The molecule has 42 heavy (non-hydrogen) atoms. The van der Waals surface area contributed by atoms with Crippen LogP contribution in [0.3, 0.4) is 0 Å². The molecule has 5 amide bonds. The largest absolute Gasteiger partial charge is 0.382 e. The van der Waals surface area contributed by atoms with Crippen LogP contribution in [0.15, 0.2) is 24.4 Å². The number of rotatable bonds is 17. The second kappa shape index (κ2) is 15.4. The van der Waals surface area contributed by atoms with E-state index in [1.807, 2.05) is 0 Å². The van der Waals surface area contributed by atoms with Gasteiger partial charge in [0, 0.05) is 31.0 Å². The molecule has 1 unspecified atom stereocenters. The highest BCUT2D eigenvalue weighted by Crippen LogP contribution is 2.32. The van der Waals surface area contributed by atoms with Crippen LogP contribution in [-0.2, 0) is 30.3 Å². The highest BCUT2D eigenvalue weighted by molar-refractivity contribution is 7.80. The second-order valence-corrected chi connectivity index (χ2v) is 9.73. The fraction of sp³-hybridized carbons (Fsp3) is 0.500. The van der Waals surface area contributed by atoms with Crippen LogP contribution in [-0.4, -0.2) is 114 Å². The second-order valence-electron chi connectivity index (χ2n) is 9.29. The molecule has 4 rings (SSSR count). The van der Waals surface area contributed by atoms with E-state index in [9.17, 15) is 24.0 Å². The molecule has 0 saturated carbocycles. The van der Waals surface area contributed by atoms with Crippen molar-refractivity contribution >= 4 is 47.9 Å². The van der Waals surface area contributed by atoms with Gasteiger partial charge in [-0.3, -0.25) is 34.2 Å². The Morgan fingerprint density at radius 2 is 1.74 bits per heavy atom. The third kappa shape index (κ3) is 7.90. The van der Waals surface area contributed by atoms with Crippen LogP contribution in [0.1, 0.15) is 44.0 Å². The van der Waals surface area contributed by atoms with E-state index in [-0.39, 0.29) is 35.6 Å². The number of hydrogen-bond donors (Lipinski definition) is 4. The standard InChI is InChI=1S/C26H33N7O8S/c34-21-5-4-20(24(36)29-21)33-25(37)17-2-1-3-18(22(17)26(33)38)27-6-9-39-11-13-41-14-12-40-10-8-32-16-19(30-31-32)23(35)28-7-15-42/h1-3,16,20,27,42H,4-15H2,(H,28,35)(H,29,34,36). The molecule has 0 aliphatic carbocycles. The van der Waals surface area contributed by atoms with E-state index in [4.69, 9.17) is 14.2 Å². The Labute approximate surface area is 247 Å². The lowest BCUT2D eigenvalue weighted by molar-refractivity contribution is -0.136. The van der Waals surface area contributed by atoms with E-state index in [2.05, 4.69) is 38.9 Å². The van der Waals surface area contributed by atoms with Gasteiger partial charge >= 0.3 is 0 Å². The number of fused-ring (bicyclic) bond motifs is 1. The molecule has 3 N–H and O–H groups in total. The molecule has 1 aromatic heterocycles. The van der Waals surface area contributed by atoms with E-state index in [1.54, 1.807) is 24.4 Å². The predicted molar refractivity (Wildman–Crippen MR) is 150 cm³/mol. The number of amides is 5. The summed E-state index contributed by atoms with van der Waals surface area (Å²) in [5, 5.41) is 15.7. The summed E-state index contributed by atoms with van der Waals surface area (Å²) in [7, 11) is 0. The molecule has 2 aliphatic heterocycles. The summed E-state index contributed by atoms with van der Waals surface area (Å²) in [4.78, 5) is 62.5. The van der Waals surface area contributed by atoms with Crippen LogP contribution in [0.5, 0.6) is 0 Å². The lowest BCUT2D eigenvalue weighted by atomic mass is 10.0. The molecule has 15 nitrogen and oxygen atoms in total. The Morgan fingerprint density at radius 1 is 1.00 bits per heavy atom. The molecular weight excluding hydrogens is 570 g/mol. The first-order chi connectivity index (χ1) is 20.4. The summed E-state index contributed by atoms with van der Waals surface area (Å²) in [6.07, 6.45) is 1.72. The first-order valence-corrected chi connectivity index (χ1v) is 14.1. The lowest BCUT2D eigenvalue weighted by Crippen LogP contribution is -2.54. The van der Waals surface area contributed by atoms with Crippen LogP contribution in [0.25, 0.3) is 0 Å². The van der Waals surface area contributed by atoms with Crippen LogP contribution in [0, 0.1) is 0 Å². The van der Waals surface area contributed by atoms with Gasteiger partial charge in [-0.05, 0) is 18.6 Å². The number of imide groups is 2. The SMILES string of the molecule is O=C1CCC(N2C(=O)c3cccc(NCCOCCOCCOCCn4cc(C(=O)NCCS)nn4)c3C2=O)C(=O)N1. The smallest absolute Gasteiger partial charge is 0.273 e. The Morgan fingerprint density at radius 3 is 2.48 bits per heavy atom. The zero-order chi connectivity index (χ0) is 29.9. The molecule has 0 spiro atoms. The predicted octanol–water partition coefficient (Wildman–Crippen LogP) is -0.499. The molecule has 1 atom stereocenters. The van der Waals surface area contributed by atoms with E-state index in [0.717, 1.165) is 4.90 Å². The Hall–Kier alpha value is -3.86. The van der Waals surface area contributed by atoms with Gasteiger partial charge in [-0.2, -0.15) is 12.6 Å². The van der Waals surface area contributed by atoms with Crippen molar-refractivity contribution < 1.29 is 38.2 Å². The Kier molecular flexibility index (Phi) is 11.4. The first kappa shape index (κ1) is 31.1. The van der Waals surface area contributed by atoms with Gasteiger partial charge in [0.25, 0.3) is 17.7 Å². The molecule has 226 valence electrons. The van der Waals surface area contributed by atoms with Crippen LogP contribution in [0.2, 0.25) is 0 Å². The monoisotopic (exact) mass is 603 g/mol. The van der Waals surface area contributed by atoms with E-state index < -0.39 is 29.7 Å². The van der Waals surface area contributed by atoms with Crippen molar-refractivity contribution in [1.29, 1.82) is 0 Å². The van der Waals surface area contributed by atoms with Crippen molar-refractivity contribution in [2.24, 2.45) is 0 Å². The average molecular weight is 604 g/mol. The number of carbonyl (C=O) groups excluding carboxylic acids is 5. The van der Waals surface area contributed by atoms with Crippen molar-refractivity contribution in [3.8, 4) is 0 Å². The summed E-state index contributed by atoms with van der Waals surface area (Å²) in [6, 6.07) is 3.87. The molecule has 2 aromatic rings. The van der Waals surface area contributed by atoms with Crippen molar-refractivity contribution in [1.82, 2.24) is 30.5 Å². The minimum Gasteiger partial charge on any atom is -0.382 e. The number of piperidine rings is 1. The van der Waals surface area contributed by atoms with Crippen molar-refractivity contribution in [3.63, 3.8) is 0 Å². The molecule has 1 fully saturated rings. The Bertz CT molecular complexity index is 1300. The zero-order valence-corrected chi connectivity index (χ0v) is 23.8. The first-order valence-electron chi connectivity index (χ1n) is 13.5. The number of ether oxygens (including phenoxy) is 3. The number of hydrogen-bond acceptors (Lipinski definition) is 12. The number of benzene rings is 1. The molecule has 2 aliphatic rings. The molecule has 1 saturated heterocycles. The normalized spacial score (nSPS) is 16.5. The fourth-order valence-corrected chi connectivity index (χ4v) is 4.50. The minimum atomic E-state index is -1.01. The van der Waals surface area contributed by atoms with E-state index in [0.29, 0.717) is 70.7 Å². The summed E-state index contributed by atoms with van der Waals surface area (Å²) >= 11 is 4.04. The van der Waals surface area contributed by atoms with Crippen molar-refractivity contribution in [2.75, 3.05) is 63.8 Å². The van der Waals surface area contributed by atoms with Gasteiger partial charge in [0.2, 0.25) is 11.8 Å². The molecular formula is C26H33N7O8S. The number of nitrogens with zero attached hydrogens (tertiary/aromatic N) is 4. The molecule has 0 bridgehead atoms. The van der Waals surface area contributed by atoms with Gasteiger partial charge in [0.05, 0.1) is 63.5 Å². The topological polar surface area (TPSA) is 183 Å². The summed E-state index contributed by atoms with van der Waals surface area (Å²) in [6.45, 7) is 3.47. The number of aromatic nitrogens is 3. The third-order valence-corrected chi connectivity index (χ3v) is 6.63. The maximum Gasteiger partial charge on any atom is 0.273 e. The number of anilines is 1. The molecule has 0 radical (unpaired) electrons. The van der Waals surface area contributed by atoms with Gasteiger partial charge in [-0.15, -0.1) is 5.10 Å². The van der Waals surface area contributed by atoms with Crippen molar-refractivity contribution in [2.45, 2.75) is 25.4 Å². The third-order valence-electron chi connectivity index (χ3n) is 6.41. The lowest BCUT2D eigenvalue weighted by Gasteiger charge is -2.27. The summed E-state index contributed by atoms with van der Waals surface area (Å²) in [5.41, 5.74) is 1.12. The number of nitrogens with one attached hydrogen (secondary N) is 3. The molecule has 3 heterocycles. The number of thiol groups is 1. The van der Waals surface area contributed by atoms with Gasteiger partial charge in [-0.25, -0.2) is 4.68 Å². The van der Waals surface area contributed by atoms with Gasteiger partial charge in [0.15, 0.2) is 5.69 Å². The van der Waals surface area contributed by atoms with E-state index in [1.165, 1.54) is 4.68 Å². The molecule has 16 heteroatoms. The summed E-state index contributed by atoms with van der Waals surface area (Å²) in [5.74, 6) is -1.94. The Balaban J connectivity index is 1.07. The maximum atomic E-state index is 13.1. The van der Waals surface area contributed by atoms with Crippen LogP contribution < -0.4 is 16.0 Å². The van der Waals surface area contributed by atoms with E-state index >= 15 is 0 Å². The van der Waals surface area contributed by atoms with Gasteiger partial charge < -0.3 is 24.8 Å². The minimum absolute atomic E-state index is 0.0631. The molecule has 1 aromatic carbocycles. The summed E-state index contributed by atoms with van der Waals surface area (Å²) < 4.78 is 18.1. The maximum absolute atomic E-state index is 13.1. The highest BCUT2D eigenvalue weighted by Gasteiger charge is 2.45. The van der Waals surface area contributed by atoms with Gasteiger partial charge in [-0.1, -0.05) is 11.3 Å². The van der Waals surface area contributed by atoms with Crippen LogP contribution >= 0.6 is 12.6 Å².